The van der Waals surface area contributed by atoms with E-state index in [9.17, 15) is 14.9 Å². The molecule has 0 radical (unpaired) electrons. The van der Waals surface area contributed by atoms with Crippen molar-refractivity contribution in [3.05, 3.63) is 74.8 Å². The molecule has 130 valence electrons. The third kappa shape index (κ3) is 3.69. The summed E-state index contributed by atoms with van der Waals surface area (Å²) in [5.74, 6) is -0.126. The molecule has 1 fully saturated rings. The molecule has 6 nitrogen and oxygen atoms in total. The highest BCUT2D eigenvalue weighted by atomic mass is 16.6. The minimum Gasteiger partial charge on any atom is -0.370 e. The zero-order valence-electron chi connectivity index (χ0n) is 14.3. The number of carbonyl (C=O) groups is 1. The molecule has 1 aliphatic rings. The maximum atomic E-state index is 12.8. The van der Waals surface area contributed by atoms with Crippen LogP contribution in [0.5, 0.6) is 0 Å². The molecule has 0 bridgehead atoms. The Labute approximate surface area is 146 Å². The minimum absolute atomic E-state index is 0.0241. The van der Waals surface area contributed by atoms with Crippen LogP contribution in [-0.4, -0.2) is 35.4 Å². The van der Waals surface area contributed by atoms with Crippen LogP contribution in [0.4, 0.5) is 5.69 Å². The number of amides is 1. The van der Waals surface area contributed by atoms with E-state index in [0.717, 1.165) is 5.56 Å². The van der Waals surface area contributed by atoms with Gasteiger partial charge in [-0.05, 0) is 31.5 Å². The fourth-order valence-corrected chi connectivity index (χ4v) is 2.99. The molecule has 1 amide bonds. The van der Waals surface area contributed by atoms with Gasteiger partial charge in [0.05, 0.1) is 18.1 Å². The molecule has 1 heterocycles. The Bertz CT molecular complexity index is 802. The van der Waals surface area contributed by atoms with Gasteiger partial charge in [0.1, 0.15) is 6.10 Å². The second kappa shape index (κ2) is 7.03. The lowest BCUT2D eigenvalue weighted by atomic mass is 10.0. The molecule has 0 aliphatic carbocycles. The number of carbonyl (C=O) groups excluding carboxylic acids is 1. The number of hydrogen-bond acceptors (Lipinski definition) is 4. The Balaban J connectivity index is 1.77. The first-order valence-corrected chi connectivity index (χ1v) is 8.18. The summed E-state index contributed by atoms with van der Waals surface area (Å²) in [4.78, 5) is 25.0. The van der Waals surface area contributed by atoms with Gasteiger partial charge in [-0.15, -0.1) is 0 Å². The lowest BCUT2D eigenvalue weighted by Crippen LogP contribution is -2.42. The van der Waals surface area contributed by atoms with Crippen molar-refractivity contribution in [2.45, 2.75) is 20.0 Å². The highest BCUT2D eigenvalue weighted by Crippen LogP contribution is 2.25. The van der Waals surface area contributed by atoms with Gasteiger partial charge in [0, 0.05) is 23.7 Å². The number of aryl methyl sites for hydroxylation is 2. The second-order valence-corrected chi connectivity index (χ2v) is 6.28. The fourth-order valence-electron chi connectivity index (χ4n) is 2.99. The van der Waals surface area contributed by atoms with Crippen molar-refractivity contribution >= 4 is 11.6 Å². The van der Waals surface area contributed by atoms with E-state index < -0.39 is 4.92 Å². The Kier molecular flexibility index (Phi) is 4.81. The van der Waals surface area contributed by atoms with Crippen molar-refractivity contribution in [2.24, 2.45) is 0 Å². The van der Waals surface area contributed by atoms with Crippen LogP contribution in [0.15, 0.2) is 42.5 Å². The van der Waals surface area contributed by atoms with Crippen molar-refractivity contribution in [2.75, 3.05) is 19.7 Å². The molecule has 2 aromatic rings. The van der Waals surface area contributed by atoms with Gasteiger partial charge in [0.15, 0.2) is 0 Å². The molecule has 0 aromatic heterocycles. The van der Waals surface area contributed by atoms with Crippen molar-refractivity contribution in [1.29, 1.82) is 0 Å². The normalized spacial score (nSPS) is 17.4. The number of morpholine rings is 1. The van der Waals surface area contributed by atoms with E-state index in [2.05, 4.69) is 0 Å². The minimum atomic E-state index is -0.439. The van der Waals surface area contributed by atoms with Crippen molar-refractivity contribution in [1.82, 2.24) is 4.90 Å². The van der Waals surface area contributed by atoms with Crippen LogP contribution in [-0.2, 0) is 4.74 Å². The highest BCUT2D eigenvalue weighted by Gasteiger charge is 2.26. The molecule has 3 rings (SSSR count). The number of nitro benzene ring substituents is 1. The van der Waals surface area contributed by atoms with Crippen molar-refractivity contribution < 1.29 is 14.5 Å². The predicted octanol–water partition coefficient (Wildman–Crippen LogP) is 3.43. The summed E-state index contributed by atoms with van der Waals surface area (Å²) in [7, 11) is 0. The SMILES string of the molecule is Cc1ccc(C2CN(C(=O)c3ccc([N+](=O)[O-])c(C)c3)CCO2)cc1. The lowest BCUT2D eigenvalue weighted by molar-refractivity contribution is -0.385. The zero-order chi connectivity index (χ0) is 18.0. The van der Waals surface area contributed by atoms with Crippen LogP contribution < -0.4 is 0 Å². The highest BCUT2D eigenvalue weighted by molar-refractivity contribution is 5.94. The van der Waals surface area contributed by atoms with Crippen LogP contribution in [0.25, 0.3) is 0 Å². The summed E-state index contributed by atoms with van der Waals surface area (Å²) < 4.78 is 5.81. The smallest absolute Gasteiger partial charge is 0.272 e. The maximum Gasteiger partial charge on any atom is 0.272 e. The first-order valence-electron chi connectivity index (χ1n) is 8.18. The van der Waals surface area contributed by atoms with Gasteiger partial charge in [-0.3, -0.25) is 14.9 Å². The molecular formula is C19H20N2O4. The monoisotopic (exact) mass is 340 g/mol. The molecular weight excluding hydrogens is 320 g/mol. The first kappa shape index (κ1) is 17.1. The number of nitro groups is 1. The van der Waals surface area contributed by atoms with Crippen LogP contribution in [0.3, 0.4) is 0 Å². The summed E-state index contributed by atoms with van der Waals surface area (Å²) >= 11 is 0. The molecule has 2 aromatic carbocycles. The van der Waals surface area contributed by atoms with Gasteiger partial charge in [-0.2, -0.15) is 0 Å². The van der Waals surface area contributed by atoms with Gasteiger partial charge in [-0.1, -0.05) is 29.8 Å². The summed E-state index contributed by atoms with van der Waals surface area (Å²) in [5, 5.41) is 10.9. The molecule has 1 aliphatic heterocycles. The summed E-state index contributed by atoms with van der Waals surface area (Å²) in [5.41, 5.74) is 3.19. The summed E-state index contributed by atoms with van der Waals surface area (Å²) in [6, 6.07) is 12.6. The Morgan fingerprint density at radius 2 is 1.92 bits per heavy atom. The molecule has 1 atom stereocenters. The van der Waals surface area contributed by atoms with E-state index in [0.29, 0.717) is 30.8 Å². The van der Waals surface area contributed by atoms with Gasteiger partial charge < -0.3 is 9.64 Å². The molecule has 6 heteroatoms. The summed E-state index contributed by atoms with van der Waals surface area (Å²) in [6.45, 7) is 5.12. The lowest BCUT2D eigenvalue weighted by Gasteiger charge is -2.33. The number of hydrogen-bond donors (Lipinski definition) is 0. The number of nitrogens with zero attached hydrogens (tertiary/aromatic N) is 2. The van der Waals surface area contributed by atoms with Crippen molar-refractivity contribution in [3.8, 4) is 0 Å². The fraction of sp³-hybridized carbons (Fsp3) is 0.316. The van der Waals surface area contributed by atoms with E-state index in [1.165, 1.54) is 17.7 Å². The van der Waals surface area contributed by atoms with Gasteiger partial charge >= 0.3 is 0 Å². The molecule has 0 spiro atoms. The van der Waals surface area contributed by atoms with Crippen LogP contribution in [0.1, 0.15) is 33.2 Å². The average molecular weight is 340 g/mol. The van der Waals surface area contributed by atoms with E-state index in [1.54, 1.807) is 17.9 Å². The van der Waals surface area contributed by atoms with Gasteiger partial charge in [0.2, 0.25) is 0 Å². The molecule has 1 saturated heterocycles. The third-order valence-electron chi connectivity index (χ3n) is 4.44. The first-order chi connectivity index (χ1) is 12.0. The predicted molar refractivity (Wildman–Crippen MR) is 93.6 cm³/mol. The standard InChI is InChI=1S/C19H20N2O4/c1-13-3-5-15(6-4-13)18-12-20(9-10-25-18)19(22)16-7-8-17(21(23)24)14(2)11-16/h3-8,11,18H,9-10,12H2,1-2H3. The molecule has 0 N–H and O–H groups in total. The zero-order valence-corrected chi connectivity index (χ0v) is 14.3. The van der Waals surface area contributed by atoms with Gasteiger partial charge in [0.25, 0.3) is 11.6 Å². The van der Waals surface area contributed by atoms with Gasteiger partial charge in [-0.25, -0.2) is 0 Å². The molecule has 25 heavy (non-hydrogen) atoms. The van der Waals surface area contributed by atoms with Crippen LogP contribution in [0.2, 0.25) is 0 Å². The maximum absolute atomic E-state index is 12.8. The topological polar surface area (TPSA) is 72.7 Å². The van der Waals surface area contributed by atoms with E-state index in [1.807, 2.05) is 31.2 Å². The molecule has 0 saturated carbocycles. The Morgan fingerprint density at radius 1 is 1.20 bits per heavy atom. The van der Waals surface area contributed by atoms with Crippen LogP contribution in [0, 0.1) is 24.0 Å². The van der Waals surface area contributed by atoms with E-state index >= 15 is 0 Å². The molecule has 1 unspecified atom stereocenters. The third-order valence-corrected chi connectivity index (χ3v) is 4.44. The quantitative estimate of drug-likeness (QED) is 0.634. The largest absolute Gasteiger partial charge is 0.370 e. The van der Waals surface area contributed by atoms with E-state index in [-0.39, 0.29) is 17.7 Å². The average Bonchev–Trinajstić information content (AvgIpc) is 2.61. The Morgan fingerprint density at radius 3 is 2.56 bits per heavy atom. The van der Waals surface area contributed by atoms with Crippen LogP contribution >= 0.6 is 0 Å². The number of benzene rings is 2. The Hall–Kier alpha value is -2.73. The number of rotatable bonds is 3. The van der Waals surface area contributed by atoms with E-state index in [4.69, 9.17) is 4.74 Å². The van der Waals surface area contributed by atoms with Crippen molar-refractivity contribution in [3.63, 3.8) is 0 Å². The summed E-state index contributed by atoms with van der Waals surface area (Å²) in [6.07, 6.45) is -0.155. The number of ether oxygens (including phenoxy) is 1. The second-order valence-electron chi connectivity index (χ2n) is 6.28.